The van der Waals surface area contributed by atoms with Gasteiger partial charge in [-0.25, -0.2) is 9.78 Å². The Hall–Kier alpha value is -2.94. The van der Waals surface area contributed by atoms with E-state index in [1.54, 1.807) is 5.38 Å². The van der Waals surface area contributed by atoms with E-state index in [2.05, 4.69) is 36.4 Å². The maximum Gasteiger partial charge on any atom is 0.326 e. The molecule has 0 radical (unpaired) electrons. The molecule has 32 heavy (non-hydrogen) atoms. The molecule has 0 unspecified atom stereocenters. The summed E-state index contributed by atoms with van der Waals surface area (Å²) in [7, 11) is 0. The molecule has 2 heterocycles. The molecular weight excluding hydrogens is 428 g/mol. The van der Waals surface area contributed by atoms with Gasteiger partial charge in [0.2, 0.25) is 0 Å². The molecule has 2 aromatic rings. The second-order valence-corrected chi connectivity index (χ2v) is 10.4. The van der Waals surface area contributed by atoms with E-state index in [9.17, 15) is 14.4 Å². The van der Waals surface area contributed by atoms with Gasteiger partial charge in [0.25, 0.3) is 5.91 Å². The number of para-hydroxylation sites is 1. The first kappa shape index (κ1) is 22.3. The number of rotatable bonds is 6. The van der Waals surface area contributed by atoms with Crippen molar-refractivity contribution in [3.05, 3.63) is 41.4 Å². The molecule has 1 aliphatic carbocycles. The van der Waals surface area contributed by atoms with Crippen molar-refractivity contribution in [3.8, 4) is 0 Å². The number of nitrogens with zero attached hydrogens (tertiary/aromatic N) is 2. The highest BCUT2D eigenvalue weighted by molar-refractivity contribution is 7.13. The number of amides is 3. The van der Waals surface area contributed by atoms with E-state index in [4.69, 9.17) is 4.74 Å². The van der Waals surface area contributed by atoms with Crippen molar-refractivity contribution in [2.75, 3.05) is 11.9 Å². The number of carbonyl (C=O) groups excluding carboxylic acids is 3. The lowest BCUT2D eigenvalue weighted by atomic mass is 9.64. The van der Waals surface area contributed by atoms with Gasteiger partial charge in [-0.1, -0.05) is 39.0 Å². The summed E-state index contributed by atoms with van der Waals surface area (Å²) in [5.41, 5.74) is 0.523. The van der Waals surface area contributed by atoms with Crippen molar-refractivity contribution >= 4 is 40.1 Å². The first-order valence-electron chi connectivity index (χ1n) is 10.7. The highest BCUT2D eigenvalue weighted by atomic mass is 32.1. The van der Waals surface area contributed by atoms with Gasteiger partial charge in [-0.15, -0.1) is 11.3 Å². The van der Waals surface area contributed by atoms with Gasteiger partial charge in [0.05, 0.1) is 5.69 Å². The number of aromatic nitrogens is 1. The van der Waals surface area contributed by atoms with Crippen molar-refractivity contribution in [3.63, 3.8) is 0 Å². The van der Waals surface area contributed by atoms with Crippen LogP contribution in [0.25, 0.3) is 0 Å². The largest absolute Gasteiger partial charge is 0.458 e. The van der Waals surface area contributed by atoms with Crippen LogP contribution in [0.3, 0.4) is 0 Å². The van der Waals surface area contributed by atoms with Crippen LogP contribution in [0.15, 0.2) is 35.7 Å². The molecule has 1 saturated carbocycles. The summed E-state index contributed by atoms with van der Waals surface area (Å²) in [4.78, 5) is 43.4. The molecule has 1 saturated heterocycles. The fourth-order valence-electron chi connectivity index (χ4n) is 5.05. The number of imide groups is 1. The van der Waals surface area contributed by atoms with E-state index in [1.807, 2.05) is 30.3 Å². The van der Waals surface area contributed by atoms with Gasteiger partial charge in [-0.05, 0) is 42.7 Å². The molecule has 170 valence electrons. The molecule has 0 bridgehead atoms. The maximum atomic E-state index is 13.1. The van der Waals surface area contributed by atoms with Gasteiger partial charge in [0, 0.05) is 11.1 Å². The van der Waals surface area contributed by atoms with Gasteiger partial charge in [-0.2, -0.15) is 0 Å². The first-order valence-corrected chi connectivity index (χ1v) is 11.6. The van der Waals surface area contributed by atoms with Gasteiger partial charge in [-0.3, -0.25) is 14.5 Å². The summed E-state index contributed by atoms with van der Waals surface area (Å²) in [6.45, 7) is 5.88. The number of thiazole rings is 1. The summed E-state index contributed by atoms with van der Waals surface area (Å²) < 4.78 is 5.29. The molecule has 1 aliphatic heterocycles. The minimum atomic E-state index is -0.925. The average molecular weight is 457 g/mol. The molecule has 9 heteroatoms. The van der Waals surface area contributed by atoms with Gasteiger partial charge in [0.15, 0.2) is 5.13 Å². The van der Waals surface area contributed by atoms with Crippen LogP contribution in [0.2, 0.25) is 0 Å². The van der Waals surface area contributed by atoms with Crippen molar-refractivity contribution in [1.82, 2.24) is 15.2 Å². The minimum absolute atomic E-state index is 0.0232. The number of esters is 1. The van der Waals surface area contributed by atoms with Crippen molar-refractivity contribution in [2.24, 2.45) is 11.3 Å². The van der Waals surface area contributed by atoms with Crippen LogP contribution in [-0.2, 0) is 20.9 Å². The van der Waals surface area contributed by atoms with Gasteiger partial charge >= 0.3 is 12.0 Å². The van der Waals surface area contributed by atoms with E-state index in [0.717, 1.165) is 17.0 Å². The fraction of sp³-hybridized carbons (Fsp3) is 0.478. The zero-order valence-electron chi connectivity index (χ0n) is 18.5. The number of ether oxygens (including phenoxy) is 1. The lowest BCUT2D eigenvalue weighted by molar-refractivity contribution is -0.149. The third kappa shape index (κ3) is 4.77. The highest BCUT2D eigenvalue weighted by Crippen LogP contribution is 2.46. The number of nitrogens with one attached hydrogen (secondary N) is 2. The highest BCUT2D eigenvalue weighted by Gasteiger charge is 2.56. The predicted molar refractivity (Wildman–Crippen MR) is 121 cm³/mol. The summed E-state index contributed by atoms with van der Waals surface area (Å²) in [6.07, 6.45) is 2.15. The molecule has 8 nitrogen and oxygen atoms in total. The maximum absolute atomic E-state index is 13.1. The van der Waals surface area contributed by atoms with Gasteiger partial charge < -0.3 is 15.4 Å². The molecule has 3 amide bonds. The lowest BCUT2D eigenvalue weighted by Crippen LogP contribution is -2.54. The van der Waals surface area contributed by atoms with Gasteiger partial charge in [0.1, 0.15) is 18.7 Å². The normalized spacial score (nSPS) is 24.5. The van der Waals surface area contributed by atoms with E-state index in [1.165, 1.54) is 11.3 Å². The molecule has 1 spiro atoms. The third-order valence-electron chi connectivity index (χ3n) is 5.87. The molecule has 2 N–H and O–H groups in total. The lowest BCUT2D eigenvalue weighted by Gasteiger charge is -2.43. The Balaban J connectivity index is 1.33. The number of hydrogen-bond donors (Lipinski definition) is 2. The van der Waals surface area contributed by atoms with Crippen molar-refractivity contribution in [2.45, 2.75) is 52.2 Å². The molecule has 2 atom stereocenters. The zero-order valence-corrected chi connectivity index (χ0v) is 19.3. The van der Waals surface area contributed by atoms with Crippen LogP contribution < -0.4 is 10.6 Å². The van der Waals surface area contributed by atoms with E-state index in [0.29, 0.717) is 29.6 Å². The number of urea groups is 1. The van der Waals surface area contributed by atoms with Crippen LogP contribution in [0.1, 0.15) is 45.7 Å². The zero-order chi connectivity index (χ0) is 22.9. The standard InChI is InChI=1S/C23H28N4O4S/c1-15-9-22(2,3)14-23(10-15)19(29)27(21(30)26-23)11-18(28)31-12-17-13-32-20(25-17)24-16-7-5-4-6-8-16/h4-8,13,15H,9-12,14H2,1-3H3,(H,24,25)(H,26,30)/t15-,23-/m1/s1. The Kier molecular flexibility index (Phi) is 5.94. The van der Waals surface area contributed by atoms with Crippen LogP contribution in [0.4, 0.5) is 15.6 Å². The molecular formula is C23H28N4O4S. The van der Waals surface area contributed by atoms with E-state index < -0.39 is 24.1 Å². The summed E-state index contributed by atoms with van der Waals surface area (Å²) >= 11 is 1.40. The second-order valence-electron chi connectivity index (χ2n) is 9.55. The Bertz CT molecular complexity index is 1020. The van der Waals surface area contributed by atoms with Crippen molar-refractivity contribution < 1.29 is 19.1 Å². The Morgan fingerprint density at radius 3 is 2.75 bits per heavy atom. The third-order valence-corrected chi connectivity index (χ3v) is 6.68. The molecule has 2 fully saturated rings. The van der Waals surface area contributed by atoms with Crippen LogP contribution in [-0.4, -0.2) is 39.9 Å². The minimum Gasteiger partial charge on any atom is -0.458 e. The quantitative estimate of drug-likeness (QED) is 0.502. The Morgan fingerprint density at radius 2 is 2.03 bits per heavy atom. The Morgan fingerprint density at radius 1 is 1.28 bits per heavy atom. The van der Waals surface area contributed by atoms with Crippen molar-refractivity contribution in [1.29, 1.82) is 0 Å². The predicted octanol–water partition coefficient (Wildman–Crippen LogP) is 4.07. The molecule has 1 aromatic carbocycles. The summed E-state index contributed by atoms with van der Waals surface area (Å²) in [6, 6.07) is 9.11. The number of benzene rings is 1. The van der Waals surface area contributed by atoms with E-state index >= 15 is 0 Å². The topological polar surface area (TPSA) is 101 Å². The fourth-order valence-corrected chi connectivity index (χ4v) is 5.77. The Labute approximate surface area is 191 Å². The summed E-state index contributed by atoms with van der Waals surface area (Å²) in [5, 5.41) is 8.54. The number of carbonyl (C=O) groups is 3. The van der Waals surface area contributed by atoms with E-state index in [-0.39, 0.29) is 17.9 Å². The number of anilines is 2. The van der Waals surface area contributed by atoms with Crippen LogP contribution in [0, 0.1) is 11.3 Å². The summed E-state index contributed by atoms with van der Waals surface area (Å²) in [5.74, 6) is -0.667. The molecule has 2 aliphatic rings. The first-order chi connectivity index (χ1) is 15.2. The monoisotopic (exact) mass is 456 g/mol. The molecule has 4 rings (SSSR count). The smallest absolute Gasteiger partial charge is 0.326 e. The average Bonchev–Trinajstić information content (AvgIpc) is 3.23. The van der Waals surface area contributed by atoms with Crippen LogP contribution in [0.5, 0.6) is 0 Å². The SMILES string of the molecule is C[C@@H]1CC(C)(C)C[C@@]2(C1)NC(=O)N(CC(=O)OCc1csc(Nc3ccccc3)n1)C2=O. The van der Waals surface area contributed by atoms with Crippen LogP contribution >= 0.6 is 11.3 Å². The second kappa shape index (κ2) is 8.54. The number of hydrogen-bond acceptors (Lipinski definition) is 7. The molecule has 1 aromatic heterocycles.